The summed E-state index contributed by atoms with van der Waals surface area (Å²) in [5, 5.41) is 2.90. The van der Waals surface area contributed by atoms with Crippen molar-refractivity contribution in [3.8, 4) is 5.75 Å². The van der Waals surface area contributed by atoms with Crippen molar-refractivity contribution in [2.75, 3.05) is 18.0 Å². The maximum atomic E-state index is 14.1. The molecule has 9 heteroatoms. The van der Waals surface area contributed by atoms with Gasteiger partial charge < -0.3 is 15.0 Å². The molecule has 3 aromatic rings. The fourth-order valence-electron chi connectivity index (χ4n) is 4.31. The molecule has 2 amide bonds. The highest BCUT2D eigenvalue weighted by molar-refractivity contribution is 7.92. The van der Waals surface area contributed by atoms with Crippen molar-refractivity contribution in [3.05, 3.63) is 90.0 Å². The van der Waals surface area contributed by atoms with Crippen LogP contribution in [0.3, 0.4) is 0 Å². The van der Waals surface area contributed by atoms with Gasteiger partial charge in [-0.2, -0.15) is 0 Å². The number of nitrogens with zero attached hydrogens (tertiary/aromatic N) is 2. The summed E-state index contributed by atoms with van der Waals surface area (Å²) in [5.74, 6) is -0.484. The van der Waals surface area contributed by atoms with Gasteiger partial charge in [0.05, 0.1) is 17.7 Å². The lowest BCUT2D eigenvalue weighted by Crippen LogP contribution is -2.53. The minimum atomic E-state index is -4.17. The second-order valence-corrected chi connectivity index (χ2v) is 11.5. The van der Waals surface area contributed by atoms with Crippen molar-refractivity contribution in [3.63, 3.8) is 0 Å². The second kappa shape index (κ2) is 13.3. The Morgan fingerprint density at radius 2 is 1.56 bits per heavy atom. The van der Waals surface area contributed by atoms with Crippen LogP contribution in [-0.4, -0.2) is 50.9 Å². The number of hydrogen-bond donors (Lipinski definition) is 1. The van der Waals surface area contributed by atoms with Gasteiger partial charge in [-0.25, -0.2) is 8.42 Å². The zero-order valence-electron chi connectivity index (χ0n) is 23.1. The molecule has 1 atom stereocenters. The summed E-state index contributed by atoms with van der Waals surface area (Å²) >= 11 is 0. The van der Waals surface area contributed by atoms with E-state index in [9.17, 15) is 18.0 Å². The fraction of sp³-hybridized carbons (Fsp3) is 0.333. The summed E-state index contributed by atoms with van der Waals surface area (Å²) in [6.07, 6.45) is 0.357. The first-order chi connectivity index (χ1) is 18.6. The molecular formula is C30H37N3O5S. The van der Waals surface area contributed by atoms with Gasteiger partial charge in [0.15, 0.2) is 0 Å². The smallest absolute Gasteiger partial charge is 0.264 e. The topological polar surface area (TPSA) is 96.0 Å². The van der Waals surface area contributed by atoms with Gasteiger partial charge in [-0.3, -0.25) is 13.9 Å². The van der Waals surface area contributed by atoms with Crippen LogP contribution in [0, 0.1) is 6.92 Å². The number of anilines is 1. The largest absolute Gasteiger partial charge is 0.495 e. The first-order valence-corrected chi connectivity index (χ1v) is 14.4. The normalized spacial score (nSPS) is 12.1. The summed E-state index contributed by atoms with van der Waals surface area (Å²) in [6, 6.07) is 21.5. The molecule has 0 heterocycles. The quantitative estimate of drug-likeness (QED) is 0.357. The fourth-order valence-corrected chi connectivity index (χ4v) is 5.75. The van der Waals surface area contributed by atoms with Crippen molar-refractivity contribution in [1.82, 2.24) is 10.2 Å². The highest BCUT2D eigenvalue weighted by Crippen LogP contribution is 2.33. The van der Waals surface area contributed by atoms with Crippen LogP contribution in [0.2, 0.25) is 0 Å². The molecule has 0 aliphatic carbocycles. The molecule has 0 saturated heterocycles. The number of carbonyl (C=O) groups is 2. The van der Waals surface area contributed by atoms with Crippen LogP contribution in [0.15, 0.2) is 83.8 Å². The first-order valence-electron chi connectivity index (χ1n) is 12.9. The monoisotopic (exact) mass is 551 g/mol. The van der Waals surface area contributed by atoms with E-state index in [1.54, 1.807) is 30.3 Å². The molecule has 208 valence electrons. The van der Waals surface area contributed by atoms with Gasteiger partial charge in [-0.15, -0.1) is 0 Å². The molecule has 1 N–H and O–H groups in total. The van der Waals surface area contributed by atoms with Crippen molar-refractivity contribution in [1.29, 1.82) is 0 Å². The number of nitrogens with one attached hydrogen (secondary N) is 1. The third-order valence-corrected chi connectivity index (χ3v) is 8.00. The van der Waals surface area contributed by atoms with Crippen molar-refractivity contribution in [2.24, 2.45) is 0 Å². The molecule has 0 radical (unpaired) electrons. The minimum Gasteiger partial charge on any atom is -0.495 e. The van der Waals surface area contributed by atoms with Crippen LogP contribution in [0.1, 0.15) is 38.3 Å². The van der Waals surface area contributed by atoms with Crippen LogP contribution >= 0.6 is 0 Å². The average molecular weight is 552 g/mol. The lowest BCUT2D eigenvalue weighted by Gasteiger charge is -2.34. The number of rotatable bonds is 12. The van der Waals surface area contributed by atoms with Crippen molar-refractivity contribution < 1.29 is 22.7 Å². The van der Waals surface area contributed by atoms with Crippen LogP contribution < -0.4 is 14.4 Å². The van der Waals surface area contributed by atoms with Gasteiger partial charge in [0.25, 0.3) is 10.0 Å². The number of hydrogen-bond acceptors (Lipinski definition) is 5. The van der Waals surface area contributed by atoms with Gasteiger partial charge >= 0.3 is 0 Å². The Bertz CT molecular complexity index is 1360. The number of ether oxygens (including phenoxy) is 1. The Balaban J connectivity index is 2.11. The molecule has 0 spiro atoms. The molecular weight excluding hydrogens is 514 g/mol. The number of carbonyl (C=O) groups excluding carboxylic acids is 2. The average Bonchev–Trinajstić information content (AvgIpc) is 2.92. The van der Waals surface area contributed by atoms with E-state index in [-0.39, 0.29) is 29.1 Å². The molecule has 0 fully saturated rings. The summed E-state index contributed by atoms with van der Waals surface area (Å²) in [6.45, 7) is 7.00. The van der Waals surface area contributed by atoms with E-state index >= 15 is 0 Å². The maximum absolute atomic E-state index is 14.1. The SMILES string of the molecule is CC[C@H](C(=O)NC(C)C)N(Cc1ccccc1)C(=O)CN(c1cc(C)ccc1OC)S(=O)(=O)c1ccccc1. The van der Waals surface area contributed by atoms with E-state index in [2.05, 4.69) is 5.32 Å². The van der Waals surface area contributed by atoms with Crippen LogP contribution in [0.25, 0.3) is 0 Å². The zero-order chi connectivity index (χ0) is 28.6. The Kier molecular flexibility index (Phi) is 10.1. The zero-order valence-corrected chi connectivity index (χ0v) is 23.9. The van der Waals surface area contributed by atoms with E-state index < -0.39 is 28.5 Å². The van der Waals surface area contributed by atoms with Crippen LogP contribution in [0.4, 0.5) is 5.69 Å². The highest BCUT2D eigenvalue weighted by atomic mass is 32.2. The third kappa shape index (κ3) is 7.38. The third-order valence-electron chi connectivity index (χ3n) is 6.23. The lowest BCUT2D eigenvalue weighted by molar-refractivity contribution is -0.140. The van der Waals surface area contributed by atoms with E-state index in [0.717, 1.165) is 15.4 Å². The van der Waals surface area contributed by atoms with E-state index in [4.69, 9.17) is 4.74 Å². The number of amides is 2. The minimum absolute atomic E-state index is 0.0422. The van der Waals surface area contributed by atoms with Crippen LogP contribution in [-0.2, 0) is 26.2 Å². The molecule has 3 aromatic carbocycles. The van der Waals surface area contributed by atoms with Crippen LogP contribution in [0.5, 0.6) is 5.75 Å². The van der Waals surface area contributed by atoms with E-state index in [1.165, 1.54) is 24.1 Å². The number of methoxy groups -OCH3 is 1. The molecule has 0 bridgehead atoms. The van der Waals surface area contributed by atoms with Crippen molar-refractivity contribution >= 4 is 27.5 Å². The molecule has 0 aliphatic heterocycles. The molecule has 0 aliphatic rings. The summed E-state index contributed by atoms with van der Waals surface area (Å²) < 4.78 is 34.5. The number of benzene rings is 3. The first kappa shape index (κ1) is 29.7. The molecule has 39 heavy (non-hydrogen) atoms. The Morgan fingerprint density at radius 3 is 2.13 bits per heavy atom. The Morgan fingerprint density at radius 1 is 0.949 bits per heavy atom. The van der Waals surface area contributed by atoms with Gasteiger partial charge in [-0.05, 0) is 62.6 Å². The predicted octanol–water partition coefficient (Wildman–Crippen LogP) is 4.53. The van der Waals surface area contributed by atoms with E-state index in [0.29, 0.717) is 12.2 Å². The second-order valence-electron chi connectivity index (χ2n) is 9.59. The Labute approximate surface area is 231 Å². The predicted molar refractivity (Wildman–Crippen MR) is 153 cm³/mol. The van der Waals surface area contributed by atoms with Gasteiger partial charge in [-0.1, -0.05) is 61.5 Å². The van der Waals surface area contributed by atoms with E-state index in [1.807, 2.05) is 64.1 Å². The van der Waals surface area contributed by atoms with Gasteiger partial charge in [0.1, 0.15) is 18.3 Å². The maximum Gasteiger partial charge on any atom is 0.264 e. The van der Waals surface area contributed by atoms with Gasteiger partial charge in [0.2, 0.25) is 11.8 Å². The molecule has 0 unspecified atom stereocenters. The van der Waals surface area contributed by atoms with Gasteiger partial charge in [0, 0.05) is 12.6 Å². The molecule has 0 saturated carbocycles. The molecule has 8 nitrogen and oxygen atoms in total. The number of sulfonamides is 1. The lowest BCUT2D eigenvalue weighted by atomic mass is 10.1. The Hall–Kier alpha value is -3.85. The number of aryl methyl sites for hydroxylation is 1. The standard InChI is InChI=1S/C30H37N3O5S/c1-6-26(30(35)31-22(2)3)32(20-24-13-9-7-10-14-24)29(34)21-33(27-19-23(4)17-18-28(27)38-5)39(36,37)25-15-11-8-12-16-25/h7-19,22,26H,6,20-21H2,1-5H3,(H,31,35)/t26-/m1/s1. The van der Waals surface area contributed by atoms with Crippen molar-refractivity contribution in [2.45, 2.75) is 57.6 Å². The molecule has 3 rings (SSSR count). The summed E-state index contributed by atoms with van der Waals surface area (Å²) in [7, 11) is -2.72. The highest BCUT2D eigenvalue weighted by Gasteiger charge is 2.34. The molecule has 0 aromatic heterocycles. The summed E-state index contributed by atoms with van der Waals surface area (Å²) in [4.78, 5) is 28.8. The summed E-state index contributed by atoms with van der Waals surface area (Å²) in [5.41, 5.74) is 1.87.